The lowest BCUT2D eigenvalue weighted by Crippen LogP contribution is -2.49. The highest BCUT2D eigenvalue weighted by Crippen LogP contribution is 2.34. The van der Waals surface area contributed by atoms with Crippen molar-refractivity contribution >= 4 is 77.7 Å². The minimum atomic E-state index is -0.519. The van der Waals surface area contributed by atoms with Gasteiger partial charge in [0, 0.05) is 18.0 Å². The highest BCUT2D eigenvalue weighted by atomic mass is 79.9. The Labute approximate surface area is 206 Å². The molecule has 2 amide bonds. The van der Waals surface area contributed by atoms with Crippen LogP contribution in [-0.2, 0) is 23.9 Å². The summed E-state index contributed by atoms with van der Waals surface area (Å²) in [5, 5.41) is 4.18. The van der Waals surface area contributed by atoms with Gasteiger partial charge in [-0.25, -0.2) is 0 Å². The number of methoxy groups -OCH3 is 1. The zero-order valence-corrected chi connectivity index (χ0v) is 21.0. The van der Waals surface area contributed by atoms with E-state index in [1.54, 1.807) is 6.07 Å². The van der Waals surface area contributed by atoms with Crippen molar-refractivity contribution in [2.45, 2.75) is 12.8 Å². The van der Waals surface area contributed by atoms with E-state index < -0.39 is 17.8 Å². The van der Waals surface area contributed by atoms with Crippen molar-refractivity contribution in [1.82, 2.24) is 16.2 Å². The Balaban J connectivity index is 1.70. The van der Waals surface area contributed by atoms with E-state index in [9.17, 15) is 14.4 Å². The summed E-state index contributed by atoms with van der Waals surface area (Å²) >= 11 is 11.9. The molecule has 9 nitrogen and oxygen atoms in total. The largest absolute Gasteiger partial charge is 0.483 e. The SMILES string of the molecule is COCCOC(=O)CCC(=O)NC(=S)NNC(=O)COc1ccc2cc(Br)ccc2c1Br. The molecule has 3 N–H and O–H groups in total. The number of fused-ring (bicyclic) bond motifs is 1. The smallest absolute Gasteiger partial charge is 0.306 e. The van der Waals surface area contributed by atoms with Crippen LogP contribution in [-0.4, -0.2) is 49.8 Å². The molecule has 172 valence electrons. The number of ether oxygens (including phenoxy) is 3. The van der Waals surface area contributed by atoms with Crippen molar-refractivity contribution < 1.29 is 28.6 Å². The number of hydrazine groups is 1. The van der Waals surface area contributed by atoms with Gasteiger partial charge in [0.25, 0.3) is 5.91 Å². The summed E-state index contributed by atoms with van der Waals surface area (Å²) in [5.74, 6) is -1.02. The van der Waals surface area contributed by atoms with Crippen LogP contribution >= 0.6 is 44.1 Å². The van der Waals surface area contributed by atoms with Crippen LogP contribution in [0.2, 0.25) is 0 Å². The number of carbonyl (C=O) groups is 3. The van der Waals surface area contributed by atoms with Crippen LogP contribution in [0.25, 0.3) is 10.8 Å². The quantitative estimate of drug-likeness (QED) is 0.177. The number of hydrogen-bond acceptors (Lipinski definition) is 7. The van der Waals surface area contributed by atoms with Gasteiger partial charge >= 0.3 is 5.97 Å². The van der Waals surface area contributed by atoms with E-state index in [1.165, 1.54) is 7.11 Å². The van der Waals surface area contributed by atoms with Gasteiger partial charge in [-0.1, -0.05) is 28.1 Å². The van der Waals surface area contributed by atoms with E-state index in [0.29, 0.717) is 5.75 Å². The highest BCUT2D eigenvalue weighted by Gasteiger charge is 2.12. The number of rotatable bonds is 9. The number of amides is 2. The summed E-state index contributed by atoms with van der Waals surface area (Å²) in [6, 6.07) is 9.45. The van der Waals surface area contributed by atoms with Gasteiger partial charge in [-0.3, -0.25) is 25.2 Å². The van der Waals surface area contributed by atoms with E-state index in [2.05, 4.69) is 48.0 Å². The summed E-state index contributed by atoms with van der Waals surface area (Å²) in [4.78, 5) is 35.2. The predicted molar refractivity (Wildman–Crippen MR) is 129 cm³/mol. The second-order valence-corrected chi connectivity index (χ2v) is 8.41. The van der Waals surface area contributed by atoms with Gasteiger partial charge in [0.1, 0.15) is 12.4 Å². The summed E-state index contributed by atoms with van der Waals surface area (Å²) in [6.45, 7) is 0.126. The normalized spacial score (nSPS) is 10.3. The molecule has 0 aromatic heterocycles. The third-order valence-electron chi connectivity index (χ3n) is 3.91. The number of hydrogen-bond donors (Lipinski definition) is 3. The second-order valence-electron chi connectivity index (χ2n) is 6.30. The maximum Gasteiger partial charge on any atom is 0.306 e. The number of halogens is 2. The first-order valence-corrected chi connectivity index (χ1v) is 11.3. The van der Waals surface area contributed by atoms with Crippen LogP contribution in [0.15, 0.2) is 39.3 Å². The van der Waals surface area contributed by atoms with Gasteiger partial charge in [-0.05, 0) is 57.1 Å². The molecule has 0 heterocycles. The Morgan fingerprint density at radius 2 is 1.78 bits per heavy atom. The summed E-state index contributed by atoms with van der Waals surface area (Å²) in [7, 11) is 1.49. The van der Waals surface area contributed by atoms with E-state index in [-0.39, 0.29) is 37.8 Å². The minimum absolute atomic E-state index is 0.101. The molecule has 0 spiro atoms. The molecule has 0 saturated heterocycles. The van der Waals surface area contributed by atoms with Crippen LogP contribution < -0.4 is 20.9 Å². The van der Waals surface area contributed by atoms with E-state index in [0.717, 1.165) is 19.7 Å². The molecule has 2 aromatic rings. The van der Waals surface area contributed by atoms with Crippen molar-refractivity contribution in [3.05, 3.63) is 39.3 Å². The highest BCUT2D eigenvalue weighted by molar-refractivity contribution is 9.11. The zero-order valence-electron chi connectivity index (χ0n) is 17.0. The van der Waals surface area contributed by atoms with Crippen LogP contribution in [0.1, 0.15) is 12.8 Å². The van der Waals surface area contributed by atoms with Crippen LogP contribution in [0, 0.1) is 0 Å². The topological polar surface area (TPSA) is 115 Å². The molecule has 0 atom stereocenters. The molecule has 0 fully saturated rings. The van der Waals surface area contributed by atoms with Gasteiger partial charge in [0.05, 0.1) is 17.5 Å². The monoisotopic (exact) mass is 589 g/mol. The number of esters is 1. The maximum absolute atomic E-state index is 12.0. The summed E-state index contributed by atoms with van der Waals surface area (Å²) < 4.78 is 16.8. The standard InChI is InChI=1S/C20H21Br2N3O6S/c1-29-8-9-30-18(28)7-6-16(26)23-20(32)25-24-17(27)11-31-15-5-2-12-10-13(21)3-4-14(12)19(15)22/h2-5,10H,6-9,11H2,1H3,(H,24,27)(H2,23,25,26,32). The Morgan fingerprint density at radius 3 is 2.53 bits per heavy atom. The van der Waals surface area contributed by atoms with Gasteiger partial charge in [0.2, 0.25) is 5.91 Å². The van der Waals surface area contributed by atoms with Crippen molar-refractivity contribution in [1.29, 1.82) is 0 Å². The average Bonchev–Trinajstić information content (AvgIpc) is 2.76. The van der Waals surface area contributed by atoms with E-state index in [4.69, 9.17) is 26.4 Å². The van der Waals surface area contributed by atoms with Crippen molar-refractivity contribution in [3.8, 4) is 5.75 Å². The fraction of sp³-hybridized carbons (Fsp3) is 0.300. The molecule has 2 rings (SSSR count). The van der Waals surface area contributed by atoms with Crippen LogP contribution in [0.3, 0.4) is 0 Å². The first-order chi connectivity index (χ1) is 15.3. The molecule has 0 aliphatic carbocycles. The molecule has 2 aromatic carbocycles. The van der Waals surface area contributed by atoms with Crippen molar-refractivity contribution in [3.63, 3.8) is 0 Å². The number of benzene rings is 2. The molecule has 32 heavy (non-hydrogen) atoms. The Kier molecular flexibility index (Phi) is 10.8. The third kappa shape index (κ3) is 8.69. The lowest BCUT2D eigenvalue weighted by Gasteiger charge is -2.13. The first-order valence-electron chi connectivity index (χ1n) is 9.34. The van der Waals surface area contributed by atoms with E-state index in [1.807, 2.05) is 24.3 Å². The van der Waals surface area contributed by atoms with Crippen molar-refractivity contribution in [2.24, 2.45) is 0 Å². The predicted octanol–water partition coefficient (Wildman–Crippen LogP) is 2.74. The number of thiocarbonyl (C=S) groups is 1. The zero-order chi connectivity index (χ0) is 23.5. The van der Waals surface area contributed by atoms with Gasteiger partial charge < -0.3 is 19.5 Å². The maximum atomic E-state index is 12.0. The lowest BCUT2D eigenvalue weighted by molar-refractivity contribution is -0.146. The molecule has 0 unspecified atom stereocenters. The third-order valence-corrected chi connectivity index (χ3v) is 5.43. The van der Waals surface area contributed by atoms with Gasteiger partial charge in [-0.15, -0.1) is 0 Å². The molecule has 0 saturated carbocycles. The summed E-state index contributed by atoms with van der Waals surface area (Å²) in [5.41, 5.74) is 4.72. The second kappa shape index (κ2) is 13.3. The molecular formula is C20H21Br2N3O6S. The fourth-order valence-corrected chi connectivity index (χ4v) is 3.56. The van der Waals surface area contributed by atoms with Gasteiger partial charge in [-0.2, -0.15) is 0 Å². The van der Waals surface area contributed by atoms with Gasteiger partial charge in [0.15, 0.2) is 11.7 Å². The minimum Gasteiger partial charge on any atom is -0.483 e. The molecule has 0 aliphatic heterocycles. The van der Waals surface area contributed by atoms with Crippen LogP contribution in [0.5, 0.6) is 5.75 Å². The number of nitrogens with one attached hydrogen (secondary N) is 3. The molecule has 12 heteroatoms. The van der Waals surface area contributed by atoms with E-state index >= 15 is 0 Å². The Bertz CT molecular complexity index is 1000. The fourth-order valence-electron chi connectivity index (χ4n) is 2.41. The molecule has 0 aliphatic rings. The lowest BCUT2D eigenvalue weighted by atomic mass is 10.1. The average molecular weight is 591 g/mol. The number of carbonyl (C=O) groups excluding carboxylic acids is 3. The van der Waals surface area contributed by atoms with Crippen LogP contribution in [0.4, 0.5) is 0 Å². The Hall–Kier alpha value is -2.28. The first kappa shape index (κ1) is 26.0. The molecule has 0 bridgehead atoms. The summed E-state index contributed by atoms with van der Waals surface area (Å²) in [6.07, 6.45) is -0.215. The Morgan fingerprint density at radius 1 is 1.00 bits per heavy atom. The molecule has 0 radical (unpaired) electrons. The van der Waals surface area contributed by atoms with Crippen molar-refractivity contribution in [2.75, 3.05) is 26.9 Å². The molecular weight excluding hydrogens is 570 g/mol.